The minimum atomic E-state index is -0.603. The zero-order valence-corrected chi connectivity index (χ0v) is 12.2. The van der Waals surface area contributed by atoms with Gasteiger partial charge in [0.25, 0.3) is 0 Å². The molecule has 0 saturated carbocycles. The van der Waals surface area contributed by atoms with Gasteiger partial charge in [0.05, 0.1) is 25.3 Å². The van der Waals surface area contributed by atoms with E-state index >= 15 is 0 Å². The fourth-order valence-electron chi connectivity index (χ4n) is 2.31. The van der Waals surface area contributed by atoms with E-state index in [9.17, 15) is 9.59 Å². The van der Waals surface area contributed by atoms with E-state index in [1.165, 1.54) is 0 Å². The number of carbonyl (C=O) groups excluding carboxylic acids is 2. The molecule has 1 aliphatic heterocycles. The van der Waals surface area contributed by atoms with E-state index in [0.29, 0.717) is 22.6 Å². The van der Waals surface area contributed by atoms with Crippen molar-refractivity contribution in [2.45, 2.75) is 19.9 Å². The van der Waals surface area contributed by atoms with Crippen LogP contribution in [0.25, 0.3) is 0 Å². The van der Waals surface area contributed by atoms with Crippen molar-refractivity contribution in [2.75, 3.05) is 13.7 Å². The molecule has 6 nitrogen and oxygen atoms in total. The van der Waals surface area contributed by atoms with Crippen LogP contribution in [0.15, 0.2) is 35.5 Å². The molecule has 2 amide bonds. The first kappa shape index (κ1) is 14.9. The minimum absolute atomic E-state index is 0.266. The molecule has 21 heavy (non-hydrogen) atoms. The van der Waals surface area contributed by atoms with Crippen molar-refractivity contribution >= 4 is 12.0 Å². The summed E-state index contributed by atoms with van der Waals surface area (Å²) in [4.78, 5) is 23.9. The zero-order valence-electron chi connectivity index (χ0n) is 12.2. The van der Waals surface area contributed by atoms with Gasteiger partial charge in [-0.05, 0) is 19.9 Å². The lowest BCUT2D eigenvalue weighted by Gasteiger charge is -2.28. The first-order valence-corrected chi connectivity index (χ1v) is 6.66. The zero-order chi connectivity index (χ0) is 15.4. The monoisotopic (exact) mass is 290 g/mol. The summed E-state index contributed by atoms with van der Waals surface area (Å²) in [5, 5.41) is 5.33. The summed E-state index contributed by atoms with van der Waals surface area (Å²) in [5.41, 5.74) is 1.56. The molecule has 1 heterocycles. The molecule has 0 spiro atoms. The standard InChI is InChI=1S/C15H18N2O4/c1-4-21-14(18)12-9(2)16-15(19)17-13(12)10-7-5-6-8-11(10)20-3/h5-8,13H,4H2,1-3H3,(H2,16,17,19)/t13-/m0/s1. The van der Waals surface area contributed by atoms with Crippen LogP contribution in [-0.2, 0) is 9.53 Å². The van der Waals surface area contributed by atoms with Gasteiger partial charge in [0.1, 0.15) is 5.75 Å². The maximum absolute atomic E-state index is 12.2. The minimum Gasteiger partial charge on any atom is -0.496 e. The number of amides is 2. The van der Waals surface area contributed by atoms with Gasteiger partial charge in [0.15, 0.2) is 0 Å². The van der Waals surface area contributed by atoms with Gasteiger partial charge in [-0.3, -0.25) is 0 Å². The Kier molecular flexibility index (Phi) is 4.47. The SMILES string of the molecule is CCOC(=O)C1=C(C)NC(=O)N[C@H]1c1ccccc1OC. The molecule has 112 valence electrons. The third-order valence-electron chi connectivity index (χ3n) is 3.21. The summed E-state index contributed by atoms with van der Waals surface area (Å²) in [6.45, 7) is 3.68. The molecule has 0 bridgehead atoms. The number of allylic oxidation sites excluding steroid dienone is 1. The Hall–Kier alpha value is -2.50. The van der Waals surface area contributed by atoms with Crippen LogP contribution >= 0.6 is 0 Å². The van der Waals surface area contributed by atoms with Gasteiger partial charge < -0.3 is 20.1 Å². The summed E-state index contributed by atoms with van der Waals surface area (Å²) in [5.74, 6) is 0.137. The highest BCUT2D eigenvalue weighted by Gasteiger charge is 2.33. The second kappa shape index (κ2) is 6.30. The number of carbonyl (C=O) groups is 2. The Morgan fingerprint density at radius 1 is 1.33 bits per heavy atom. The lowest BCUT2D eigenvalue weighted by Crippen LogP contribution is -2.45. The Bertz CT molecular complexity index is 595. The van der Waals surface area contributed by atoms with Gasteiger partial charge in [-0.2, -0.15) is 0 Å². The van der Waals surface area contributed by atoms with Gasteiger partial charge in [0.2, 0.25) is 0 Å². The second-order valence-corrected chi connectivity index (χ2v) is 4.53. The lowest BCUT2D eigenvalue weighted by molar-refractivity contribution is -0.139. The van der Waals surface area contributed by atoms with Gasteiger partial charge >= 0.3 is 12.0 Å². The van der Waals surface area contributed by atoms with Crippen molar-refractivity contribution in [1.82, 2.24) is 10.6 Å². The number of urea groups is 1. The number of para-hydroxylation sites is 1. The van der Waals surface area contributed by atoms with Crippen LogP contribution in [0.1, 0.15) is 25.5 Å². The van der Waals surface area contributed by atoms with E-state index in [-0.39, 0.29) is 12.6 Å². The average molecular weight is 290 g/mol. The first-order valence-electron chi connectivity index (χ1n) is 6.66. The molecule has 0 aliphatic carbocycles. The molecular weight excluding hydrogens is 272 g/mol. The molecule has 0 saturated heterocycles. The van der Waals surface area contributed by atoms with Gasteiger partial charge in [0, 0.05) is 11.3 Å². The third kappa shape index (κ3) is 2.99. The summed E-state index contributed by atoms with van der Waals surface area (Å²) in [6.07, 6.45) is 0. The molecule has 0 aromatic heterocycles. The Balaban J connectivity index is 2.50. The second-order valence-electron chi connectivity index (χ2n) is 4.53. The fraction of sp³-hybridized carbons (Fsp3) is 0.333. The number of hydrogen-bond acceptors (Lipinski definition) is 4. The molecule has 1 aromatic carbocycles. The number of nitrogens with one attached hydrogen (secondary N) is 2. The highest BCUT2D eigenvalue weighted by Crippen LogP contribution is 2.33. The Labute approximate surface area is 123 Å². The van der Waals surface area contributed by atoms with Crippen molar-refractivity contribution in [3.05, 3.63) is 41.1 Å². The number of hydrogen-bond donors (Lipinski definition) is 2. The van der Waals surface area contributed by atoms with E-state index in [1.807, 2.05) is 18.2 Å². The van der Waals surface area contributed by atoms with Crippen LogP contribution in [0.4, 0.5) is 4.79 Å². The van der Waals surface area contributed by atoms with E-state index < -0.39 is 12.0 Å². The number of methoxy groups -OCH3 is 1. The van der Waals surface area contributed by atoms with Crippen molar-refractivity contribution in [2.24, 2.45) is 0 Å². The van der Waals surface area contributed by atoms with Crippen molar-refractivity contribution in [3.63, 3.8) is 0 Å². The molecule has 0 fully saturated rings. The Morgan fingerprint density at radius 2 is 2.05 bits per heavy atom. The largest absolute Gasteiger partial charge is 0.496 e. The van der Waals surface area contributed by atoms with E-state index in [1.54, 1.807) is 27.0 Å². The lowest BCUT2D eigenvalue weighted by atomic mass is 9.95. The van der Waals surface area contributed by atoms with Crippen LogP contribution in [0.2, 0.25) is 0 Å². The highest BCUT2D eigenvalue weighted by atomic mass is 16.5. The molecule has 0 unspecified atom stereocenters. The molecule has 1 aliphatic rings. The quantitative estimate of drug-likeness (QED) is 0.830. The van der Waals surface area contributed by atoms with Crippen molar-refractivity contribution in [1.29, 1.82) is 0 Å². The Morgan fingerprint density at radius 3 is 2.71 bits per heavy atom. The van der Waals surface area contributed by atoms with E-state index in [0.717, 1.165) is 0 Å². The number of benzene rings is 1. The smallest absolute Gasteiger partial charge is 0.338 e. The van der Waals surface area contributed by atoms with E-state index in [4.69, 9.17) is 9.47 Å². The molecule has 1 aromatic rings. The molecule has 6 heteroatoms. The normalized spacial score (nSPS) is 17.9. The first-order chi connectivity index (χ1) is 10.1. The maximum atomic E-state index is 12.2. The number of esters is 1. The van der Waals surface area contributed by atoms with Gasteiger partial charge in [-0.1, -0.05) is 18.2 Å². The fourth-order valence-corrected chi connectivity index (χ4v) is 2.31. The van der Waals surface area contributed by atoms with E-state index in [2.05, 4.69) is 10.6 Å². The van der Waals surface area contributed by atoms with Crippen LogP contribution in [0, 0.1) is 0 Å². The van der Waals surface area contributed by atoms with Crippen LogP contribution in [-0.4, -0.2) is 25.7 Å². The van der Waals surface area contributed by atoms with Crippen LogP contribution in [0.3, 0.4) is 0 Å². The van der Waals surface area contributed by atoms with Crippen molar-refractivity contribution in [3.8, 4) is 5.75 Å². The molecular formula is C15H18N2O4. The number of rotatable bonds is 4. The van der Waals surface area contributed by atoms with Crippen LogP contribution < -0.4 is 15.4 Å². The average Bonchev–Trinajstić information content (AvgIpc) is 2.46. The predicted octanol–water partition coefficient (Wildman–Crippen LogP) is 1.89. The summed E-state index contributed by atoms with van der Waals surface area (Å²) >= 11 is 0. The summed E-state index contributed by atoms with van der Waals surface area (Å²) in [6, 6.07) is 6.27. The third-order valence-corrected chi connectivity index (χ3v) is 3.21. The summed E-state index contributed by atoms with van der Waals surface area (Å²) in [7, 11) is 1.54. The molecule has 2 rings (SSSR count). The number of ether oxygens (including phenoxy) is 2. The topological polar surface area (TPSA) is 76.7 Å². The highest BCUT2D eigenvalue weighted by molar-refractivity contribution is 5.95. The molecule has 1 atom stereocenters. The summed E-state index contributed by atoms with van der Waals surface area (Å²) < 4.78 is 10.4. The molecule has 0 radical (unpaired) electrons. The van der Waals surface area contributed by atoms with Gasteiger partial charge in [-0.25, -0.2) is 9.59 Å². The molecule has 2 N–H and O–H groups in total. The van der Waals surface area contributed by atoms with Crippen molar-refractivity contribution < 1.29 is 19.1 Å². The predicted molar refractivity (Wildman–Crippen MR) is 76.7 cm³/mol. The maximum Gasteiger partial charge on any atom is 0.338 e. The van der Waals surface area contributed by atoms with Gasteiger partial charge in [-0.15, -0.1) is 0 Å². The van der Waals surface area contributed by atoms with Crippen LogP contribution in [0.5, 0.6) is 5.75 Å².